The van der Waals surface area contributed by atoms with Crippen molar-refractivity contribution in [2.75, 3.05) is 26.7 Å². The number of hydrogen-bond acceptors (Lipinski definition) is 5. The zero-order valence-corrected chi connectivity index (χ0v) is 12.8. The van der Waals surface area contributed by atoms with Gasteiger partial charge in [-0.1, -0.05) is 19.8 Å². The van der Waals surface area contributed by atoms with Crippen molar-refractivity contribution in [3.05, 3.63) is 0 Å². The Morgan fingerprint density at radius 3 is 2.48 bits per heavy atom. The van der Waals surface area contributed by atoms with Gasteiger partial charge in [0.05, 0.1) is 20.1 Å². The van der Waals surface area contributed by atoms with Crippen LogP contribution in [-0.2, 0) is 14.3 Å². The molecule has 0 aliphatic heterocycles. The van der Waals surface area contributed by atoms with Gasteiger partial charge in [0.15, 0.2) is 0 Å². The molecule has 3 amide bonds. The fourth-order valence-corrected chi connectivity index (χ4v) is 2.36. The number of likely N-dealkylation sites (N-methyl/N-ethyl adjacent to an activating group) is 1. The molecule has 7 heteroatoms. The first-order chi connectivity index (χ1) is 10.0. The van der Waals surface area contributed by atoms with Crippen LogP contribution in [0, 0.1) is 0 Å². The molecule has 0 bridgehead atoms. The lowest BCUT2D eigenvalue weighted by molar-refractivity contribution is -0.141. The van der Waals surface area contributed by atoms with Crippen molar-refractivity contribution in [3.63, 3.8) is 0 Å². The number of carbonyl (C=O) groups excluding carboxylic acids is 3. The van der Waals surface area contributed by atoms with Crippen LogP contribution in [0.1, 0.15) is 39.0 Å². The lowest BCUT2D eigenvalue weighted by Gasteiger charge is -2.19. The van der Waals surface area contributed by atoms with E-state index in [2.05, 4.69) is 15.4 Å². The predicted octanol–water partition coefficient (Wildman–Crippen LogP) is 0.640. The molecule has 120 valence electrons. The summed E-state index contributed by atoms with van der Waals surface area (Å²) in [6.07, 6.45) is 4.42. The Morgan fingerprint density at radius 2 is 1.90 bits per heavy atom. The van der Waals surface area contributed by atoms with E-state index in [-0.39, 0.29) is 30.9 Å². The third kappa shape index (κ3) is 7.08. The molecular weight excluding hydrogens is 274 g/mol. The Labute approximate surface area is 125 Å². The van der Waals surface area contributed by atoms with Crippen LogP contribution in [-0.4, -0.2) is 55.6 Å². The average molecular weight is 299 g/mol. The van der Waals surface area contributed by atoms with E-state index in [1.807, 2.05) is 6.92 Å². The van der Waals surface area contributed by atoms with Crippen molar-refractivity contribution in [1.29, 1.82) is 0 Å². The van der Waals surface area contributed by atoms with Gasteiger partial charge >= 0.3 is 12.0 Å². The molecule has 7 nitrogen and oxygen atoms in total. The van der Waals surface area contributed by atoms with E-state index < -0.39 is 6.03 Å². The summed E-state index contributed by atoms with van der Waals surface area (Å²) in [5.74, 6) is -0.676. The number of imide groups is 1. The van der Waals surface area contributed by atoms with E-state index in [1.54, 1.807) is 4.90 Å². The number of nitrogens with zero attached hydrogens (tertiary/aromatic N) is 1. The highest BCUT2D eigenvalue weighted by molar-refractivity contribution is 5.95. The number of hydrogen-bond donors (Lipinski definition) is 2. The zero-order valence-electron chi connectivity index (χ0n) is 12.8. The number of ether oxygens (including phenoxy) is 1. The van der Waals surface area contributed by atoms with Gasteiger partial charge in [0.25, 0.3) is 0 Å². The maximum Gasteiger partial charge on any atom is 0.321 e. The second-order valence-electron chi connectivity index (χ2n) is 5.20. The highest BCUT2D eigenvalue weighted by atomic mass is 16.5. The first-order valence-electron chi connectivity index (χ1n) is 7.44. The van der Waals surface area contributed by atoms with E-state index in [0.717, 1.165) is 25.7 Å². The summed E-state index contributed by atoms with van der Waals surface area (Å²) in [6, 6.07) is -0.254. The number of esters is 1. The minimum atomic E-state index is -0.434. The second-order valence-corrected chi connectivity index (χ2v) is 5.20. The largest absolute Gasteiger partial charge is 0.469 e. The Hall–Kier alpha value is -1.63. The van der Waals surface area contributed by atoms with Crippen LogP contribution < -0.4 is 10.6 Å². The molecule has 1 saturated carbocycles. The summed E-state index contributed by atoms with van der Waals surface area (Å²) in [5.41, 5.74) is 0. The van der Waals surface area contributed by atoms with Gasteiger partial charge in [0.2, 0.25) is 5.91 Å². The number of carbonyl (C=O) groups is 3. The molecule has 0 heterocycles. The van der Waals surface area contributed by atoms with Gasteiger partial charge in [0, 0.05) is 12.6 Å². The van der Waals surface area contributed by atoms with Crippen LogP contribution in [0.4, 0.5) is 4.79 Å². The monoisotopic (exact) mass is 299 g/mol. The van der Waals surface area contributed by atoms with Crippen molar-refractivity contribution < 1.29 is 19.1 Å². The molecule has 2 N–H and O–H groups in total. The molecule has 0 atom stereocenters. The molecule has 0 aromatic rings. The van der Waals surface area contributed by atoms with Crippen molar-refractivity contribution in [2.24, 2.45) is 0 Å². The van der Waals surface area contributed by atoms with Gasteiger partial charge in [0.1, 0.15) is 0 Å². The molecule has 1 fully saturated rings. The molecule has 0 aromatic carbocycles. The highest BCUT2D eigenvalue weighted by Gasteiger charge is 2.19. The van der Waals surface area contributed by atoms with Gasteiger partial charge in [-0.2, -0.15) is 0 Å². The number of nitrogens with one attached hydrogen (secondary N) is 2. The van der Waals surface area contributed by atoms with Gasteiger partial charge < -0.3 is 10.1 Å². The van der Waals surface area contributed by atoms with Crippen LogP contribution in [0.5, 0.6) is 0 Å². The minimum absolute atomic E-state index is 0.0889. The molecule has 0 aromatic heterocycles. The lowest BCUT2D eigenvalue weighted by atomic mass is 10.2. The Balaban J connectivity index is 2.26. The maximum absolute atomic E-state index is 11.8. The van der Waals surface area contributed by atoms with Crippen molar-refractivity contribution in [3.8, 4) is 0 Å². The average Bonchev–Trinajstić information content (AvgIpc) is 2.95. The molecule has 0 radical (unpaired) electrons. The Bertz CT molecular complexity index is 367. The molecule has 0 unspecified atom stereocenters. The maximum atomic E-state index is 11.8. The summed E-state index contributed by atoms with van der Waals surface area (Å²) >= 11 is 0. The second kappa shape index (κ2) is 9.33. The highest BCUT2D eigenvalue weighted by Crippen LogP contribution is 2.17. The molecular formula is C14H25N3O4. The summed E-state index contributed by atoms with van der Waals surface area (Å²) in [7, 11) is 1.33. The fourth-order valence-electron chi connectivity index (χ4n) is 2.36. The van der Waals surface area contributed by atoms with Crippen LogP contribution in [0.2, 0.25) is 0 Å². The van der Waals surface area contributed by atoms with Crippen molar-refractivity contribution in [1.82, 2.24) is 15.5 Å². The van der Waals surface area contributed by atoms with Gasteiger partial charge in [-0.15, -0.1) is 0 Å². The molecule has 0 spiro atoms. The van der Waals surface area contributed by atoms with Crippen LogP contribution >= 0.6 is 0 Å². The molecule has 21 heavy (non-hydrogen) atoms. The first-order valence-corrected chi connectivity index (χ1v) is 7.44. The van der Waals surface area contributed by atoms with E-state index in [0.29, 0.717) is 13.1 Å². The van der Waals surface area contributed by atoms with E-state index in [4.69, 9.17) is 0 Å². The van der Waals surface area contributed by atoms with Crippen molar-refractivity contribution >= 4 is 17.9 Å². The predicted molar refractivity (Wildman–Crippen MR) is 77.7 cm³/mol. The quantitative estimate of drug-likeness (QED) is 0.674. The first kappa shape index (κ1) is 17.4. The van der Waals surface area contributed by atoms with Gasteiger partial charge in [-0.3, -0.25) is 19.8 Å². The van der Waals surface area contributed by atoms with Crippen LogP contribution in [0.3, 0.4) is 0 Å². The van der Waals surface area contributed by atoms with Crippen molar-refractivity contribution in [2.45, 2.75) is 45.1 Å². The Kier molecular flexibility index (Phi) is 7.74. The smallest absolute Gasteiger partial charge is 0.321 e. The topological polar surface area (TPSA) is 87.7 Å². The van der Waals surface area contributed by atoms with Gasteiger partial charge in [-0.25, -0.2) is 4.79 Å². The summed E-state index contributed by atoms with van der Waals surface area (Å²) in [4.78, 5) is 36.3. The Morgan fingerprint density at radius 1 is 1.24 bits per heavy atom. The third-order valence-electron chi connectivity index (χ3n) is 3.62. The number of urea groups is 1. The third-order valence-corrected chi connectivity index (χ3v) is 3.62. The van der Waals surface area contributed by atoms with Crippen LogP contribution in [0.15, 0.2) is 0 Å². The zero-order chi connectivity index (χ0) is 15.7. The van der Waals surface area contributed by atoms with E-state index in [9.17, 15) is 14.4 Å². The minimum Gasteiger partial charge on any atom is -0.469 e. The number of rotatable bonds is 7. The number of amides is 3. The van der Waals surface area contributed by atoms with E-state index in [1.165, 1.54) is 7.11 Å². The standard InChI is InChI=1S/C14H25N3O4/c1-3-17(9-8-13(19)21-2)10-12(18)16-14(20)15-11-6-4-5-7-11/h11H,3-10H2,1-2H3,(H2,15,16,18,20). The molecule has 1 aliphatic rings. The summed E-state index contributed by atoms with van der Waals surface area (Å²) in [6.45, 7) is 3.03. The summed E-state index contributed by atoms with van der Waals surface area (Å²) < 4.78 is 4.56. The molecule has 1 aliphatic carbocycles. The molecule has 1 rings (SSSR count). The molecule has 0 saturated heterocycles. The van der Waals surface area contributed by atoms with Gasteiger partial charge in [-0.05, 0) is 19.4 Å². The SMILES string of the molecule is CCN(CCC(=O)OC)CC(=O)NC(=O)NC1CCCC1. The van der Waals surface area contributed by atoms with Crippen LogP contribution in [0.25, 0.3) is 0 Å². The number of methoxy groups -OCH3 is 1. The lowest BCUT2D eigenvalue weighted by Crippen LogP contribution is -2.47. The normalized spacial score (nSPS) is 15.0. The van der Waals surface area contributed by atoms with E-state index >= 15 is 0 Å². The summed E-state index contributed by atoms with van der Waals surface area (Å²) in [5, 5.41) is 5.12. The fraction of sp³-hybridized carbons (Fsp3) is 0.786.